The molecule has 1 heterocycles. The Balaban J connectivity index is 1.71. The van der Waals surface area contributed by atoms with Gasteiger partial charge in [-0.25, -0.2) is 4.39 Å². The normalized spacial score (nSPS) is 18.1. The quantitative estimate of drug-likeness (QED) is 0.777. The molecule has 1 aromatic rings. The van der Waals surface area contributed by atoms with Crippen molar-refractivity contribution in [1.82, 2.24) is 10.2 Å². The minimum absolute atomic E-state index is 0.156. The van der Waals surface area contributed by atoms with Crippen molar-refractivity contribution in [2.75, 3.05) is 39.4 Å². The summed E-state index contributed by atoms with van der Waals surface area (Å²) in [5, 5.41) is 3.53. The van der Waals surface area contributed by atoms with E-state index < -0.39 is 0 Å². The van der Waals surface area contributed by atoms with Gasteiger partial charge in [0, 0.05) is 19.1 Å². The van der Waals surface area contributed by atoms with Gasteiger partial charge >= 0.3 is 0 Å². The molecule has 1 unspecified atom stereocenters. The van der Waals surface area contributed by atoms with Crippen LogP contribution in [0.2, 0.25) is 0 Å². The number of morpholine rings is 1. The largest absolute Gasteiger partial charge is 0.379 e. The molecule has 1 aliphatic rings. The van der Waals surface area contributed by atoms with Gasteiger partial charge in [0.05, 0.1) is 13.2 Å². The molecule has 1 N–H and O–H groups in total. The monoisotopic (exact) mass is 280 g/mol. The molecule has 20 heavy (non-hydrogen) atoms. The first-order chi connectivity index (χ1) is 9.79. The van der Waals surface area contributed by atoms with E-state index in [1.165, 1.54) is 6.07 Å². The SMILES string of the molecule is CCC(NCCCN1CCOCC1)c1cccc(F)c1. The highest BCUT2D eigenvalue weighted by atomic mass is 19.1. The minimum atomic E-state index is -0.156. The van der Waals surface area contributed by atoms with E-state index in [0.29, 0.717) is 0 Å². The van der Waals surface area contributed by atoms with E-state index in [0.717, 1.165) is 57.8 Å². The standard InChI is InChI=1S/C16H25FN2O/c1-2-16(14-5-3-6-15(17)13-14)18-7-4-8-19-9-11-20-12-10-19/h3,5-6,13,16,18H,2,4,7-12H2,1H3. The van der Waals surface area contributed by atoms with Crippen LogP contribution in [0.5, 0.6) is 0 Å². The van der Waals surface area contributed by atoms with E-state index in [1.807, 2.05) is 6.07 Å². The first kappa shape index (κ1) is 15.4. The highest BCUT2D eigenvalue weighted by molar-refractivity contribution is 5.19. The van der Waals surface area contributed by atoms with Crippen molar-refractivity contribution in [3.8, 4) is 0 Å². The molecule has 0 aliphatic carbocycles. The molecule has 2 rings (SSSR count). The molecule has 0 spiro atoms. The average molecular weight is 280 g/mol. The van der Waals surface area contributed by atoms with Crippen molar-refractivity contribution in [2.24, 2.45) is 0 Å². The summed E-state index contributed by atoms with van der Waals surface area (Å²) in [7, 11) is 0. The van der Waals surface area contributed by atoms with Crippen LogP contribution in [0.25, 0.3) is 0 Å². The van der Waals surface area contributed by atoms with E-state index >= 15 is 0 Å². The summed E-state index contributed by atoms with van der Waals surface area (Å²) in [4.78, 5) is 2.44. The van der Waals surface area contributed by atoms with Crippen LogP contribution >= 0.6 is 0 Å². The lowest BCUT2D eigenvalue weighted by atomic mass is 10.0. The zero-order valence-corrected chi connectivity index (χ0v) is 12.3. The van der Waals surface area contributed by atoms with Gasteiger partial charge < -0.3 is 10.1 Å². The maximum Gasteiger partial charge on any atom is 0.123 e. The Hall–Kier alpha value is -0.970. The van der Waals surface area contributed by atoms with Crippen molar-refractivity contribution >= 4 is 0 Å². The number of hydrogen-bond acceptors (Lipinski definition) is 3. The van der Waals surface area contributed by atoms with Gasteiger partial charge in [0.15, 0.2) is 0 Å². The maximum absolute atomic E-state index is 13.2. The van der Waals surface area contributed by atoms with Crippen LogP contribution in [-0.4, -0.2) is 44.3 Å². The van der Waals surface area contributed by atoms with Crippen LogP contribution in [0.15, 0.2) is 24.3 Å². The van der Waals surface area contributed by atoms with Crippen LogP contribution < -0.4 is 5.32 Å². The molecule has 4 heteroatoms. The molecule has 0 bridgehead atoms. The number of ether oxygens (including phenoxy) is 1. The number of nitrogens with one attached hydrogen (secondary N) is 1. The van der Waals surface area contributed by atoms with Gasteiger partial charge in [-0.3, -0.25) is 4.90 Å². The summed E-state index contributed by atoms with van der Waals surface area (Å²) < 4.78 is 18.6. The fraction of sp³-hybridized carbons (Fsp3) is 0.625. The van der Waals surface area contributed by atoms with Gasteiger partial charge in [-0.1, -0.05) is 19.1 Å². The third-order valence-corrected chi connectivity index (χ3v) is 3.80. The van der Waals surface area contributed by atoms with Crippen molar-refractivity contribution in [1.29, 1.82) is 0 Å². The lowest BCUT2D eigenvalue weighted by Gasteiger charge is -2.27. The van der Waals surface area contributed by atoms with E-state index in [1.54, 1.807) is 12.1 Å². The zero-order chi connectivity index (χ0) is 14.2. The zero-order valence-electron chi connectivity index (χ0n) is 12.3. The molecule has 1 saturated heterocycles. The van der Waals surface area contributed by atoms with E-state index in [4.69, 9.17) is 4.74 Å². The first-order valence-corrected chi connectivity index (χ1v) is 7.58. The summed E-state index contributed by atoms with van der Waals surface area (Å²) in [6.45, 7) is 8.00. The van der Waals surface area contributed by atoms with Crippen LogP contribution in [0, 0.1) is 5.82 Å². The second-order valence-electron chi connectivity index (χ2n) is 5.28. The molecule has 1 atom stereocenters. The number of nitrogens with zero attached hydrogens (tertiary/aromatic N) is 1. The lowest BCUT2D eigenvalue weighted by Crippen LogP contribution is -2.37. The first-order valence-electron chi connectivity index (χ1n) is 7.58. The molecule has 3 nitrogen and oxygen atoms in total. The summed E-state index contributed by atoms with van der Waals surface area (Å²) in [5.74, 6) is -0.156. The van der Waals surface area contributed by atoms with Gasteiger partial charge in [0.2, 0.25) is 0 Å². The molecule has 0 saturated carbocycles. The average Bonchev–Trinajstić information content (AvgIpc) is 2.48. The van der Waals surface area contributed by atoms with E-state index in [-0.39, 0.29) is 11.9 Å². The van der Waals surface area contributed by atoms with Crippen LogP contribution in [-0.2, 0) is 4.74 Å². The van der Waals surface area contributed by atoms with E-state index in [2.05, 4.69) is 17.1 Å². The Morgan fingerprint density at radius 2 is 2.15 bits per heavy atom. The predicted molar refractivity (Wildman–Crippen MR) is 79.3 cm³/mol. The van der Waals surface area contributed by atoms with Crippen molar-refractivity contribution in [2.45, 2.75) is 25.8 Å². The molecule has 0 aromatic heterocycles. The second kappa shape index (κ2) is 8.35. The molecular weight excluding hydrogens is 255 g/mol. The van der Waals surface area contributed by atoms with Crippen LogP contribution in [0.4, 0.5) is 4.39 Å². The lowest BCUT2D eigenvalue weighted by molar-refractivity contribution is 0.0374. The highest BCUT2D eigenvalue weighted by Gasteiger charge is 2.11. The van der Waals surface area contributed by atoms with Crippen molar-refractivity contribution < 1.29 is 9.13 Å². The third kappa shape index (κ3) is 4.85. The van der Waals surface area contributed by atoms with Gasteiger partial charge in [-0.2, -0.15) is 0 Å². The summed E-state index contributed by atoms with van der Waals surface area (Å²) >= 11 is 0. The number of benzene rings is 1. The Labute approximate surface area is 121 Å². The van der Waals surface area contributed by atoms with Gasteiger partial charge in [-0.05, 0) is 43.6 Å². The topological polar surface area (TPSA) is 24.5 Å². The molecule has 1 fully saturated rings. The Morgan fingerprint density at radius 1 is 1.35 bits per heavy atom. The Kier molecular flexibility index (Phi) is 6.43. The molecule has 1 aliphatic heterocycles. The van der Waals surface area contributed by atoms with Gasteiger partial charge in [0.1, 0.15) is 5.82 Å². The third-order valence-electron chi connectivity index (χ3n) is 3.80. The van der Waals surface area contributed by atoms with Crippen LogP contribution in [0.3, 0.4) is 0 Å². The second-order valence-corrected chi connectivity index (χ2v) is 5.28. The smallest absolute Gasteiger partial charge is 0.123 e. The van der Waals surface area contributed by atoms with Crippen LogP contribution in [0.1, 0.15) is 31.4 Å². The number of hydrogen-bond donors (Lipinski definition) is 1. The van der Waals surface area contributed by atoms with E-state index in [9.17, 15) is 4.39 Å². The molecule has 1 aromatic carbocycles. The Bertz CT molecular complexity index is 394. The highest BCUT2D eigenvalue weighted by Crippen LogP contribution is 2.17. The van der Waals surface area contributed by atoms with Crippen molar-refractivity contribution in [3.05, 3.63) is 35.6 Å². The number of rotatable bonds is 7. The van der Waals surface area contributed by atoms with Gasteiger partial charge in [-0.15, -0.1) is 0 Å². The maximum atomic E-state index is 13.2. The molecule has 112 valence electrons. The minimum Gasteiger partial charge on any atom is -0.379 e. The molecule has 0 radical (unpaired) electrons. The summed E-state index contributed by atoms with van der Waals surface area (Å²) in [6.07, 6.45) is 2.09. The Morgan fingerprint density at radius 3 is 2.85 bits per heavy atom. The fourth-order valence-electron chi connectivity index (χ4n) is 2.62. The fourth-order valence-corrected chi connectivity index (χ4v) is 2.62. The summed E-state index contributed by atoms with van der Waals surface area (Å²) in [6, 6.07) is 7.14. The summed E-state index contributed by atoms with van der Waals surface area (Å²) in [5.41, 5.74) is 1.04. The van der Waals surface area contributed by atoms with Gasteiger partial charge in [0.25, 0.3) is 0 Å². The van der Waals surface area contributed by atoms with Crippen molar-refractivity contribution in [3.63, 3.8) is 0 Å². The molecule has 0 amide bonds. The molecular formula is C16H25FN2O. The predicted octanol–water partition coefficient (Wildman–Crippen LogP) is 2.59. The number of halogens is 1.